The average molecular weight is 344 g/mol. The number of anilines is 1. The molecule has 1 aromatic heterocycles. The van der Waals surface area contributed by atoms with Gasteiger partial charge in [-0.3, -0.25) is 9.59 Å². The molecule has 0 spiro atoms. The summed E-state index contributed by atoms with van der Waals surface area (Å²) in [5.41, 5.74) is 0.658. The molecule has 0 aliphatic carbocycles. The lowest BCUT2D eigenvalue weighted by molar-refractivity contribution is -0.124. The van der Waals surface area contributed by atoms with Crippen LogP contribution in [0, 0.1) is 0 Å². The van der Waals surface area contributed by atoms with Crippen LogP contribution in [0.3, 0.4) is 0 Å². The Labute approximate surface area is 145 Å². The predicted octanol–water partition coefficient (Wildman–Crippen LogP) is 2.17. The van der Waals surface area contributed by atoms with Crippen LogP contribution in [-0.4, -0.2) is 50.1 Å². The van der Waals surface area contributed by atoms with E-state index in [1.807, 2.05) is 0 Å². The average Bonchev–Trinajstić information content (AvgIpc) is 3.17. The zero-order valence-electron chi connectivity index (χ0n) is 14.4. The fourth-order valence-corrected chi connectivity index (χ4v) is 2.94. The number of carbonyl (C=O) groups excluding carboxylic acids is 2. The molecule has 7 heteroatoms. The molecule has 1 aliphatic rings. The van der Waals surface area contributed by atoms with E-state index >= 15 is 0 Å². The normalized spacial score (nSPS) is 17.6. The van der Waals surface area contributed by atoms with Crippen molar-refractivity contribution in [3.8, 4) is 11.5 Å². The molecule has 2 amide bonds. The maximum Gasteiger partial charge on any atom is 0.290 e. The highest BCUT2D eigenvalue weighted by Gasteiger charge is 2.37. The number of carbonyl (C=O) groups is 2. The second-order valence-corrected chi connectivity index (χ2v) is 5.68. The van der Waals surface area contributed by atoms with Gasteiger partial charge in [-0.1, -0.05) is 0 Å². The lowest BCUT2D eigenvalue weighted by atomic mass is 10.1. The molecule has 1 saturated heterocycles. The molecule has 1 fully saturated rings. The summed E-state index contributed by atoms with van der Waals surface area (Å²) in [4.78, 5) is 28.5. The summed E-state index contributed by atoms with van der Waals surface area (Å²) in [5, 5.41) is 0. The fraction of sp³-hybridized carbons (Fsp3) is 0.333. The first kappa shape index (κ1) is 16.9. The third-order valence-electron chi connectivity index (χ3n) is 4.33. The lowest BCUT2D eigenvalue weighted by Gasteiger charge is -2.39. The molecule has 2 aromatic rings. The highest BCUT2D eigenvalue weighted by atomic mass is 16.5. The van der Waals surface area contributed by atoms with Gasteiger partial charge in [0.05, 0.1) is 26.2 Å². The van der Waals surface area contributed by atoms with Gasteiger partial charge in [-0.2, -0.15) is 0 Å². The number of amides is 2. The van der Waals surface area contributed by atoms with E-state index in [1.54, 1.807) is 56.4 Å². The number of nitrogens with zero attached hydrogens (tertiary/aromatic N) is 2. The summed E-state index contributed by atoms with van der Waals surface area (Å²) in [6.07, 6.45) is 1.44. The van der Waals surface area contributed by atoms with E-state index in [9.17, 15) is 9.59 Å². The molecule has 0 unspecified atom stereocenters. The van der Waals surface area contributed by atoms with Crippen molar-refractivity contribution in [1.29, 1.82) is 0 Å². The monoisotopic (exact) mass is 344 g/mol. The number of rotatable bonds is 4. The molecule has 1 aromatic carbocycles. The van der Waals surface area contributed by atoms with Crippen LogP contribution >= 0.6 is 0 Å². The van der Waals surface area contributed by atoms with Crippen molar-refractivity contribution in [3.63, 3.8) is 0 Å². The van der Waals surface area contributed by atoms with Crippen LogP contribution in [0.2, 0.25) is 0 Å². The van der Waals surface area contributed by atoms with Crippen molar-refractivity contribution in [2.24, 2.45) is 0 Å². The molecule has 0 bridgehead atoms. The minimum atomic E-state index is -0.599. The van der Waals surface area contributed by atoms with Crippen LogP contribution in [0.5, 0.6) is 11.5 Å². The van der Waals surface area contributed by atoms with Crippen molar-refractivity contribution in [3.05, 3.63) is 42.4 Å². The van der Waals surface area contributed by atoms with E-state index in [-0.39, 0.29) is 17.6 Å². The second kappa shape index (κ2) is 6.88. The quantitative estimate of drug-likeness (QED) is 0.850. The first-order valence-corrected chi connectivity index (χ1v) is 7.94. The van der Waals surface area contributed by atoms with Gasteiger partial charge in [0.2, 0.25) is 5.91 Å². The molecule has 3 rings (SSSR count). The topological polar surface area (TPSA) is 72.2 Å². The van der Waals surface area contributed by atoms with E-state index < -0.39 is 6.04 Å². The lowest BCUT2D eigenvalue weighted by Crippen LogP contribution is -2.57. The van der Waals surface area contributed by atoms with Crippen molar-refractivity contribution in [2.45, 2.75) is 13.0 Å². The summed E-state index contributed by atoms with van der Waals surface area (Å²) in [7, 11) is 3.11. The van der Waals surface area contributed by atoms with Crippen LogP contribution in [-0.2, 0) is 4.79 Å². The maximum absolute atomic E-state index is 12.8. The first-order chi connectivity index (χ1) is 12.1. The highest BCUT2D eigenvalue weighted by Crippen LogP contribution is 2.34. The summed E-state index contributed by atoms with van der Waals surface area (Å²) in [6.45, 7) is 2.49. The van der Waals surface area contributed by atoms with Crippen LogP contribution in [0.25, 0.3) is 0 Å². The van der Waals surface area contributed by atoms with Gasteiger partial charge < -0.3 is 23.7 Å². The smallest absolute Gasteiger partial charge is 0.290 e. The Morgan fingerprint density at radius 2 is 2.00 bits per heavy atom. The number of furan rings is 1. The van der Waals surface area contributed by atoms with Gasteiger partial charge in [0.1, 0.15) is 17.5 Å². The van der Waals surface area contributed by atoms with E-state index in [1.165, 1.54) is 11.2 Å². The molecule has 7 nitrogen and oxygen atoms in total. The standard InChI is InChI=1S/C18H20N2O5/c1-12-17(21)20(14-7-6-13(23-2)11-16(14)24-3)9-8-19(12)18(22)15-5-4-10-25-15/h4-7,10-12H,8-9H2,1-3H3/t12-/m0/s1. The zero-order valence-corrected chi connectivity index (χ0v) is 14.4. The second-order valence-electron chi connectivity index (χ2n) is 5.68. The molecule has 1 atom stereocenters. The first-order valence-electron chi connectivity index (χ1n) is 7.94. The Bertz CT molecular complexity index is 772. The number of ether oxygens (including phenoxy) is 2. The summed E-state index contributed by atoms with van der Waals surface area (Å²) in [5.74, 6) is 0.968. The SMILES string of the molecule is COc1ccc(N2CCN(C(=O)c3ccco3)[C@@H](C)C2=O)c(OC)c1. The number of methoxy groups -OCH3 is 2. The number of hydrogen-bond acceptors (Lipinski definition) is 5. The zero-order chi connectivity index (χ0) is 18.0. The van der Waals surface area contributed by atoms with Gasteiger partial charge in [-0.25, -0.2) is 0 Å². The van der Waals surface area contributed by atoms with Crippen LogP contribution < -0.4 is 14.4 Å². The molecule has 0 radical (unpaired) electrons. The van der Waals surface area contributed by atoms with E-state index in [4.69, 9.17) is 13.9 Å². The Morgan fingerprint density at radius 1 is 1.20 bits per heavy atom. The fourth-order valence-electron chi connectivity index (χ4n) is 2.94. The van der Waals surface area contributed by atoms with Crippen LogP contribution in [0.1, 0.15) is 17.5 Å². The van der Waals surface area contributed by atoms with Gasteiger partial charge in [0, 0.05) is 19.2 Å². The minimum absolute atomic E-state index is 0.172. The Morgan fingerprint density at radius 3 is 2.64 bits per heavy atom. The Balaban J connectivity index is 1.84. The van der Waals surface area contributed by atoms with E-state index in [0.29, 0.717) is 30.3 Å². The minimum Gasteiger partial charge on any atom is -0.497 e. The van der Waals surface area contributed by atoms with Gasteiger partial charge in [-0.05, 0) is 31.2 Å². The molecule has 25 heavy (non-hydrogen) atoms. The molecule has 1 aliphatic heterocycles. The molecule has 0 saturated carbocycles. The third kappa shape index (κ3) is 3.05. The molecular formula is C18H20N2O5. The Hall–Kier alpha value is -2.96. The van der Waals surface area contributed by atoms with Crippen LogP contribution in [0.15, 0.2) is 41.0 Å². The van der Waals surface area contributed by atoms with Crippen molar-refractivity contribution < 1.29 is 23.5 Å². The largest absolute Gasteiger partial charge is 0.497 e. The summed E-state index contributed by atoms with van der Waals surface area (Å²) < 4.78 is 15.7. The van der Waals surface area contributed by atoms with Crippen molar-refractivity contribution in [2.75, 3.05) is 32.2 Å². The number of hydrogen-bond donors (Lipinski definition) is 0. The summed E-state index contributed by atoms with van der Waals surface area (Å²) >= 11 is 0. The Kier molecular flexibility index (Phi) is 4.65. The van der Waals surface area contributed by atoms with Gasteiger partial charge >= 0.3 is 0 Å². The van der Waals surface area contributed by atoms with E-state index in [0.717, 1.165) is 0 Å². The van der Waals surface area contributed by atoms with Gasteiger partial charge in [0.25, 0.3) is 5.91 Å². The van der Waals surface area contributed by atoms with Crippen molar-refractivity contribution in [1.82, 2.24) is 4.90 Å². The predicted molar refractivity (Wildman–Crippen MR) is 91.1 cm³/mol. The molecule has 0 N–H and O–H groups in total. The van der Waals surface area contributed by atoms with E-state index in [2.05, 4.69) is 0 Å². The maximum atomic E-state index is 12.8. The highest BCUT2D eigenvalue weighted by molar-refractivity contribution is 6.03. The molecule has 132 valence electrons. The molecular weight excluding hydrogens is 324 g/mol. The molecule has 2 heterocycles. The van der Waals surface area contributed by atoms with Crippen molar-refractivity contribution >= 4 is 17.5 Å². The van der Waals surface area contributed by atoms with Crippen LogP contribution in [0.4, 0.5) is 5.69 Å². The third-order valence-corrected chi connectivity index (χ3v) is 4.33. The van der Waals surface area contributed by atoms with Gasteiger partial charge in [-0.15, -0.1) is 0 Å². The number of benzene rings is 1. The summed E-state index contributed by atoms with van der Waals surface area (Å²) in [6, 6.07) is 7.94. The number of piperazine rings is 1. The van der Waals surface area contributed by atoms with Gasteiger partial charge in [0.15, 0.2) is 5.76 Å².